The molecule has 1 saturated carbocycles. The van der Waals surface area contributed by atoms with E-state index in [1.807, 2.05) is 38.1 Å². The van der Waals surface area contributed by atoms with Crippen LogP contribution in [-0.4, -0.2) is 97.1 Å². The van der Waals surface area contributed by atoms with Crippen LogP contribution in [0.1, 0.15) is 75.8 Å². The van der Waals surface area contributed by atoms with Gasteiger partial charge in [0, 0.05) is 44.2 Å². The number of aliphatic hydroxyl groups is 2. The van der Waals surface area contributed by atoms with Gasteiger partial charge in [-0.25, -0.2) is 9.59 Å². The number of oxime groups is 1. The van der Waals surface area contributed by atoms with Gasteiger partial charge in [0.25, 0.3) is 0 Å². The molecule has 0 bridgehead atoms. The van der Waals surface area contributed by atoms with Crippen LogP contribution < -0.4 is 24.3 Å². The van der Waals surface area contributed by atoms with Gasteiger partial charge in [0.1, 0.15) is 30.8 Å². The Morgan fingerprint density at radius 2 is 1.83 bits per heavy atom. The molecule has 4 aliphatic rings. The molecule has 3 N–H and O–H groups in total. The first-order valence-corrected chi connectivity index (χ1v) is 20.9. The summed E-state index contributed by atoms with van der Waals surface area (Å²) in [6, 6.07) is 10.0. The van der Waals surface area contributed by atoms with Crippen molar-refractivity contribution in [2.24, 2.45) is 22.9 Å². The number of hydrogen-bond acceptors (Lipinski definition) is 12. The van der Waals surface area contributed by atoms with E-state index in [1.54, 1.807) is 23.1 Å². The maximum absolute atomic E-state index is 14.5. The molecule has 15 heteroatoms. The summed E-state index contributed by atoms with van der Waals surface area (Å²) in [6.07, 6.45) is 7.23. The Kier molecular flexibility index (Phi) is 15.2. The standard InChI is InChI=1S/C43H56ClN3O11/c1-4-20-55-43-38(47(42(51)52-21-17-44)26-28-13-15-36-37(22-28)54-27-53-36)25-34(46-56-6-3)32-23-29(11-7-9-18-48)31(12-8-10-19-49)39(40(32)43)33-24-30(14-16-35(33)58-43)57-41(50)45-5-2/h4,13-16,22-24,29,31,38-40,48-49H,1,5-12,17-21,25-27H2,2-3H3,(H,45,50)/t29-,31+,38-,39+,40+,43+/m0/s1. The maximum atomic E-state index is 14.5. The molecule has 0 unspecified atom stereocenters. The lowest BCUT2D eigenvalue weighted by molar-refractivity contribution is -0.256. The molecule has 2 heterocycles. The molecule has 1 fully saturated rings. The van der Waals surface area contributed by atoms with E-state index in [0.29, 0.717) is 54.7 Å². The SMILES string of the molecule is C=CCO[C@@]12Oc3ccc(OC(=O)NCC)cc3[C@H]3[C@H](CCCCO)[C@@H](CCCCO)C=C(C(=NOCC)C[C@@H]1N(Cc1ccc4c(c1)OCO4)C(=O)OCCCl)[C@H]32. The predicted molar refractivity (Wildman–Crippen MR) is 216 cm³/mol. The smallest absolute Gasteiger partial charge is 0.412 e. The fraction of sp³-hybridized carbons (Fsp3) is 0.558. The summed E-state index contributed by atoms with van der Waals surface area (Å²) in [4.78, 5) is 34.6. The summed E-state index contributed by atoms with van der Waals surface area (Å²) < 4.78 is 37.1. The Hall–Kier alpha value is -4.50. The predicted octanol–water partition coefficient (Wildman–Crippen LogP) is 7.05. The molecule has 6 rings (SSSR count). The van der Waals surface area contributed by atoms with Crippen LogP contribution in [0.2, 0.25) is 0 Å². The number of ether oxygens (including phenoxy) is 6. The Bertz CT molecular complexity index is 1810. The number of unbranched alkanes of at least 4 members (excludes halogenated alkanes) is 2. The molecule has 2 aliphatic heterocycles. The maximum Gasteiger partial charge on any atom is 0.412 e. The average molecular weight is 826 g/mol. The van der Waals surface area contributed by atoms with E-state index >= 15 is 0 Å². The number of fused-ring (bicyclic) bond motifs is 3. The second kappa shape index (κ2) is 20.5. The molecule has 2 aromatic carbocycles. The van der Waals surface area contributed by atoms with Gasteiger partial charge < -0.3 is 48.8 Å². The largest absolute Gasteiger partial charge is 0.459 e. The van der Waals surface area contributed by atoms with E-state index in [-0.39, 0.29) is 69.8 Å². The number of halogens is 1. The lowest BCUT2D eigenvalue weighted by Crippen LogP contribution is -2.70. The van der Waals surface area contributed by atoms with Crippen LogP contribution in [-0.2, 0) is 20.9 Å². The molecule has 0 spiro atoms. The Balaban J connectivity index is 1.58. The number of nitrogens with zero attached hydrogens (tertiary/aromatic N) is 2. The fourth-order valence-electron chi connectivity index (χ4n) is 8.89. The zero-order chi connectivity index (χ0) is 41.1. The summed E-state index contributed by atoms with van der Waals surface area (Å²) >= 11 is 6.06. The van der Waals surface area contributed by atoms with Crippen molar-refractivity contribution in [3.8, 4) is 23.0 Å². The van der Waals surface area contributed by atoms with Gasteiger partial charge in [-0.1, -0.05) is 36.2 Å². The first-order valence-electron chi connectivity index (χ1n) is 20.4. The van der Waals surface area contributed by atoms with Crippen LogP contribution in [0.4, 0.5) is 9.59 Å². The van der Waals surface area contributed by atoms with E-state index < -0.39 is 29.9 Å². The summed E-state index contributed by atoms with van der Waals surface area (Å²) in [5.74, 6) is -0.261. The van der Waals surface area contributed by atoms with Crippen LogP contribution in [0, 0.1) is 17.8 Å². The highest BCUT2D eigenvalue weighted by atomic mass is 35.5. The third kappa shape index (κ3) is 9.35. The zero-order valence-electron chi connectivity index (χ0n) is 33.4. The van der Waals surface area contributed by atoms with Crippen LogP contribution in [0.25, 0.3) is 0 Å². The van der Waals surface area contributed by atoms with Gasteiger partial charge in [-0.3, -0.25) is 4.90 Å². The molecule has 2 aromatic rings. The van der Waals surface area contributed by atoms with Gasteiger partial charge in [-0.05, 0) is 92.8 Å². The number of allylic oxidation sites excluding steroid dienone is 1. The van der Waals surface area contributed by atoms with Crippen LogP contribution in [0.15, 0.2) is 65.9 Å². The lowest BCUT2D eigenvalue weighted by atomic mass is 9.55. The molecule has 0 saturated heterocycles. The first-order chi connectivity index (χ1) is 28.3. The van der Waals surface area contributed by atoms with Gasteiger partial charge in [0.2, 0.25) is 12.6 Å². The molecule has 0 radical (unpaired) electrons. The molecular formula is C43H56ClN3O11. The van der Waals surface area contributed by atoms with E-state index in [2.05, 4.69) is 18.0 Å². The van der Waals surface area contributed by atoms with Gasteiger partial charge in [-0.2, -0.15) is 0 Å². The Morgan fingerprint density at radius 3 is 2.57 bits per heavy atom. The fourth-order valence-corrected chi connectivity index (χ4v) is 8.97. The summed E-state index contributed by atoms with van der Waals surface area (Å²) in [5, 5.41) is 27.1. The molecule has 58 heavy (non-hydrogen) atoms. The summed E-state index contributed by atoms with van der Waals surface area (Å²) in [5.41, 5.74) is 3.09. The molecule has 316 valence electrons. The van der Waals surface area contributed by atoms with Crippen molar-refractivity contribution in [3.63, 3.8) is 0 Å². The van der Waals surface area contributed by atoms with Gasteiger partial charge in [0.15, 0.2) is 11.5 Å². The molecule has 2 aliphatic carbocycles. The van der Waals surface area contributed by atoms with Gasteiger partial charge >= 0.3 is 12.2 Å². The number of benzene rings is 2. The second-order valence-electron chi connectivity index (χ2n) is 14.7. The highest BCUT2D eigenvalue weighted by molar-refractivity contribution is 6.18. The van der Waals surface area contributed by atoms with E-state index in [4.69, 9.17) is 50.0 Å². The van der Waals surface area contributed by atoms with Crippen molar-refractivity contribution in [1.29, 1.82) is 0 Å². The molecular weight excluding hydrogens is 770 g/mol. The van der Waals surface area contributed by atoms with Crippen molar-refractivity contribution in [1.82, 2.24) is 10.2 Å². The molecule has 14 nitrogen and oxygen atoms in total. The minimum absolute atomic E-state index is 0.0225. The average Bonchev–Trinajstić information content (AvgIpc) is 3.70. The highest BCUT2D eigenvalue weighted by Gasteiger charge is 2.65. The number of carbonyl (C=O) groups is 2. The number of rotatable bonds is 20. The van der Waals surface area contributed by atoms with E-state index in [9.17, 15) is 19.8 Å². The van der Waals surface area contributed by atoms with Crippen molar-refractivity contribution in [2.75, 3.05) is 52.3 Å². The van der Waals surface area contributed by atoms with Crippen molar-refractivity contribution < 1.29 is 53.1 Å². The minimum Gasteiger partial charge on any atom is -0.459 e. The summed E-state index contributed by atoms with van der Waals surface area (Å²) in [6.45, 7) is 8.76. The number of aliphatic hydroxyl groups excluding tert-OH is 2. The second-order valence-corrected chi connectivity index (χ2v) is 15.1. The number of hydrogen-bond donors (Lipinski definition) is 3. The van der Waals surface area contributed by atoms with Gasteiger partial charge in [0.05, 0.1) is 24.1 Å². The van der Waals surface area contributed by atoms with Crippen molar-refractivity contribution >= 4 is 29.5 Å². The normalized spacial score (nSPS) is 24.5. The van der Waals surface area contributed by atoms with E-state index in [1.165, 1.54) is 0 Å². The quantitative estimate of drug-likeness (QED) is 0.0542. The number of amides is 2. The monoisotopic (exact) mass is 825 g/mol. The number of alkyl halides is 1. The highest BCUT2D eigenvalue weighted by Crippen LogP contribution is 2.62. The van der Waals surface area contributed by atoms with Crippen LogP contribution >= 0.6 is 11.6 Å². The van der Waals surface area contributed by atoms with E-state index in [0.717, 1.165) is 42.4 Å². The first kappa shape index (κ1) is 43.1. The van der Waals surface area contributed by atoms with Gasteiger partial charge in [-0.15, -0.1) is 18.2 Å². The Labute approximate surface area is 345 Å². The molecule has 2 amide bonds. The number of carbonyl (C=O) groups excluding carboxylic acids is 2. The van der Waals surface area contributed by atoms with Crippen LogP contribution in [0.3, 0.4) is 0 Å². The Morgan fingerprint density at radius 1 is 1.05 bits per heavy atom. The summed E-state index contributed by atoms with van der Waals surface area (Å²) in [7, 11) is 0. The topological polar surface area (TPSA) is 167 Å². The zero-order valence-corrected chi connectivity index (χ0v) is 34.1. The van der Waals surface area contributed by atoms with Crippen LogP contribution in [0.5, 0.6) is 23.0 Å². The minimum atomic E-state index is -1.52. The molecule has 6 atom stereocenters. The third-order valence-electron chi connectivity index (χ3n) is 11.2. The lowest BCUT2D eigenvalue weighted by Gasteiger charge is -2.59. The number of nitrogens with one attached hydrogen (secondary N) is 1. The van der Waals surface area contributed by atoms with Crippen molar-refractivity contribution in [3.05, 3.63) is 71.8 Å². The third-order valence-corrected chi connectivity index (χ3v) is 11.3. The van der Waals surface area contributed by atoms with Crippen molar-refractivity contribution in [2.45, 2.75) is 83.1 Å². The molecule has 0 aromatic heterocycles.